The van der Waals surface area contributed by atoms with Crippen molar-refractivity contribution < 1.29 is 14.6 Å². The predicted octanol–water partition coefficient (Wildman–Crippen LogP) is 1.36. The smallest absolute Gasteiger partial charge is 0.251 e. The zero-order chi connectivity index (χ0) is 12.7. The van der Waals surface area contributed by atoms with E-state index < -0.39 is 0 Å². The van der Waals surface area contributed by atoms with Crippen molar-refractivity contribution in [2.24, 2.45) is 0 Å². The molecule has 0 aromatic heterocycles. The van der Waals surface area contributed by atoms with Gasteiger partial charge in [-0.15, -0.1) is 0 Å². The molecule has 0 spiro atoms. The first kappa shape index (κ1) is 13.3. The van der Waals surface area contributed by atoms with Crippen LogP contribution in [0.15, 0.2) is 36.9 Å². The lowest BCUT2D eigenvalue weighted by Gasteiger charge is -2.11. The van der Waals surface area contributed by atoms with E-state index in [4.69, 9.17) is 9.84 Å². The van der Waals surface area contributed by atoms with Crippen LogP contribution in [0.5, 0.6) is 5.75 Å². The van der Waals surface area contributed by atoms with Gasteiger partial charge in [-0.3, -0.25) is 4.79 Å². The molecule has 1 aromatic rings. The Labute approximate surface area is 101 Å². The fourth-order valence-corrected chi connectivity index (χ4v) is 1.21. The normalized spacial score (nSPS) is 11.6. The standard InChI is InChI=1S/C13H17NO3/c1-3-8-17-12-6-4-11(5-7-12)13(16)14-10(2)9-15/h3-7,10,15H,1,8-9H2,2H3,(H,14,16). The molecule has 4 heteroatoms. The lowest BCUT2D eigenvalue weighted by atomic mass is 10.2. The molecule has 0 aliphatic carbocycles. The quantitative estimate of drug-likeness (QED) is 0.732. The number of carbonyl (C=O) groups is 1. The molecule has 1 unspecified atom stereocenters. The van der Waals surface area contributed by atoms with Crippen molar-refractivity contribution in [1.82, 2.24) is 5.32 Å². The van der Waals surface area contributed by atoms with Crippen molar-refractivity contribution in [2.75, 3.05) is 13.2 Å². The highest BCUT2D eigenvalue weighted by Crippen LogP contribution is 2.12. The van der Waals surface area contributed by atoms with Gasteiger partial charge in [0.2, 0.25) is 0 Å². The average Bonchev–Trinajstić information content (AvgIpc) is 2.36. The molecule has 0 saturated carbocycles. The van der Waals surface area contributed by atoms with Crippen LogP contribution in [0.2, 0.25) is 0 Å². The van der Waals surface area contributed by atoms with Gasteiger partial charge in [-0.2, -0.15) is 0 Å². The molecule has 1 rings (SSSR count). The molecular weight excluding hydrogens is 218 g/mol. The molecule has 1 amide bonds. The number of hydrogen-bond acceptors (Lipinski definition) is 3. The number of ether oxygens (including phenoxy) is 1. The lowest BCUT2D eigenvalue weighted by molar-refractivity contribution is 0.0922. The van der Waals surface area contributed by atoms with Crippen LogP contribution in [0.3, 0.4) is 0 Å². The number of aliphatic hydroxyl groups excluding tert-OH is 1. The molecule has 1 aromatic carbocycles. The molecule has 0 bridgehead atoms. The highest BCUT2D eigenvalue weighted by molar-refractivity contribution is 5.94. The summed E-state index contributed by atoms with van der Waals surface area (Å²) in [5.74, 6) is 0.485. The fraction of sp³-hybridized carbons (Fsp3) is 0.308. The van der Waals surface area contributed by atoms with Crippen LogP contribution in [0.1, 0.15) is 17.3 Å². The maximum absolute atomic E-state index is 11.7. The minimum absolute atomic E-state index is 0.0771. The maximum Gasteiger partial charge on any atom is 0.251 e. The summed E-state index contributed by atoms with van der Waals surface area (Å²) in [6.07, 6.45) is 1.66. The van der Waals surface area contributed by atoms with Crippen LogP contribution < -0.4 is 10.1 Å². The average molecular weight is 235 g/mol. The van der Waals surface area contributed by atoms with Gasteiger partial charge in [0, 0.05) is 11.6 Å². The first-order chi connectivity index (χ1) is 8.17. The molecule has 0 aliphatic rings. The Bertz CT molecular complexity index is 373. The topological polar surface area (TPSA) is 58.6 Å². The molecular formula is C13H17NO3. The van der Waals surface area contributed by atoms with Gasteiger partial charge >= 0.3 is 0 Å². The van der Waals surface area contributed by atoms with E-state index in [1.807, 2.05) is 0 Å². The second-order valence-corrected chi connectivity index (χ2v) is 3.68. The summed E-state index contributed by atoms with van der Waals surface area (Å²) in [4.78, 5) is 11.7. The van der Waals surface area contributed by atoms with E-state index in [9.17, 15) is 4.79 Å². The minimum Gasteiger partial charge on any atom is -0.490 e. The number of benzene rings is 1. The third-order valence-corrected chi connectivity index (χ3v) is 2.14. The van der Waals surface area contributed by atoms with E-state index in [1.165, 1.54) is 0 Å². The number of amides is 1. The fourth-order valence-electron chi connectivity index (χ4n) is 1.21. The molecule has 4 nitrogen and oxygen atoms in total. The Morgan fingerprint density at radius 1 is 1.53 bits per heavy atom. The van der Waals surface area contributed by atoms with Gasteiger partial charge in [-0.1, -0.05) is 12.7 Å². The first-order valence-corrected chi connectivity index (χ1v) is 5.43. The summed E-state index contributed by atoms with van der Waals surface area (Å²) in [6.45, 7) is 5.65. The third-order valence-electron chi connectivity index (χ3n) is 2.14. The first-order valence-electron chi connectivity index (χ1n) is 5.43. The predicted molar refractivity (Wildman–Crippen MR) is 66.1 cm³/mol. The zero-order valence-corrected chi connectivity index (χ0v) is 9.85. The minimum atomic E-state index is -0.251. The van der Waals surface area contributed by atoms with E-state index in [1.54, 1.807) is 37.3 Å². The van der Waals surface area contributed by atoms with E-state index in [2.05, 4.69) is 11.9 Å². The van der Waals surface area contributed by atoms with Crippen molar-refractivity contribution in [3.05, 3.63) is 42.5 Å². The van der Waals surface area contributed by atoms with Crippen molar-refractivity contribution in [3.63, 3.8) is 0 Å². The highest BCUT2D eigenvalue weighted by atomic mass is 16.5. The monoisotopic (exact) mass is 235 g/mol. The van der Waals surface area contributed by atoms with E-state index >= 15 is 0 Å². The Balaban J connectivity index is 2.60. The molecule has 0 fully saturated rings. The number of hydrogen-bond donors (Lipinski definition) is 2. The Kier molecular flexibility index (Phi) is 5.23. The molecule has 92 valence electrons. The van der Waals surface area contributed by atoms with Gasteiger partial charge < -0.3 is 15.2 Å². The molecule has 0 aliphatic heterocycles. The molecule has 1 atom stereocenters. The van der Waals surface area contributed by atoms with E-state index in [0.29, 0.717) is 17.9 Å². The largest absolute Gasteiger partial charge is 0.490 e. The summed E-state index contributed by atoms with van der Waals surface area (Å²) in [5.41, 5.74) is 0.538. The Morgan fingerprint density at radius 3 is 2.71 bits per heavy atom. The van der Waals surface area contributed by atoms with Crippen molar-refractivity contribution in [1.29, 1.82) is 0 Å². The zero-order valence-electron chi connectivity index (χ0n) is 9.85. The summed E-state index contributed by atoms with van der Waals surface area (Å²) in [6, 6.07) is 6.55. The number of carbonyl (C=O) groups excluding carboxylic acids is 1. The van der Waals surface area contributed by atoms with Gasteiger partial charge in [0.05, 0.1) is 6.61 Å². The summed E-state index contributed by atoms with van der Waals surface area (Å²) < 4.78 is 5.30. The van der Waals surface area contributed by atoms with Crippen LogP contribution in [0, 0.1) is 0 Å². The summed E-state index contributed by atoms with van der Waals surface area (Å²) in [7, 11) is 0. The number of nitrogens with one attached hydrogen (secondary N) is 1. The third kappa shape index (κ3) is 4.28. The van der Waals surface area contributed by atoms with Crippen molar-refractivity contribution >= 4 is 5.91 Å². The Morgan fingerprint density at radius 2 is 2.18 bits per heavy atom. The number of rotatable bonds is 6. The highest BCUT2D eigenvalue weighted by Gasteiger charge is 2.08. The van der Waals surface area contributed by atoms with E-state index in [0.717, 1.165) is 0 Å². The summed E-state index contributed by atoms with van der Waals surface area (Å²) >= 11 is 0. The lowest BCUT2D eigenvalue weighted by Crippen LogP contribution is -2.34. The van der Waals surface area contributed by atoms with Gasteiger partial charge in [-0.05, 0) is 31.2 Å². The van der Waals surface area contributed by atoms with Gasteiger partial charge in [-0.25, -0.2) is 0 Å². The molecule has 0 saturated heterocycles. The van der Waals surface area contributed by atoms with Crippen LogP contribution in [0.25, 0.3) is 0 Å². The second kappa shape index (κ2) is 6.70. The van der Waals surface area contributed by atoms with E-state index in [-0.39, 0.29) is 18.6 Å². The SMILES string of the molecule is C=CCOc1ccc(C(=O)NC(C)CO)cc1. The van der Waals surface area contributed by atoms with Crippen LogP contribution in [-0.2, 0) is 0 Å². The van der Waals surface area contributed by atoms with Crippen molar-refractivity contribution in [3.8, 4) is 5.75 Å². The molecule has 0 radical (unpaired) electrons. The molecule has 17 heavy (non-hydrogen) atoms. The summed E-state index contributed by atoms with van der Waals surface area (Å²) in [5, 5.41) is 11.5. The van der Waals surface area contributed by atoms with Crippen molar-refractivity contribution in [2.45, 2.75) is 13.0 Å². The second-order valence-electron chi connectivity index (χ2n) is 3.68. The van der Waals surface area contributed by atoms with Gasteiger partial charge in [0.15, 0.2) is 0 Å². The van der Waals surface area contributed by atoms with Crippen LogP contribution in [-0.4, -0.2) is 30.3 Å². The molecule has 2 N–H and O–H groups in total. The van der Waals surface area contributed by atoms with Gasteiger partial charge in [0.25, 0.3) is 5.91 Å². The van der Waals surface area contributed by atoms with Crippen LogP contribution >= 0.6 is 0 Å². The van der Waals surface area contributed by atoms with Gasteiger partial charge in [0.1, 0.15) is 12.4 Å². The maximum atomic E-state index is 11.7. The molecule has 0 heterocycles. The number of aliphatic hydroxyl groups is 1. The van der Waals surface area contributed by atoms with Crippen LogP contribution in [0.4, 0.5) is 0 Å². The Hall–Kier alpha value is -1.81.